The Morgan fingerprint density at radius 1 is 1.11 bits per heavy atom. The molecule has 3 rings (SSSR count). The van der Waals surface area contributed by atoms with Crippen LogP contribution < -0.4 is 0 Å². The second kappa shape index (κ2) is 7.82. The molecule has 142 valence electrons. The fourth-order valence-corrected chi connectivity index (χ4v) is 3.82. The van der Waals surface area contributed by atoms with Crippen LogP contribution in [0.25, 0.3) is 5.57 Å². The zero-order valence-electron chi connectivity index (χ0n) is 16.6. The van der Waals surface area contributed by atoms with E-state index in [-0.39, 0.29) is 11.7 Å². The van der Waals surface area contributed by atoms with Gasteiger partial charge in [-0.05, 0) is 68.1 Å². The van der Waals surface area contributed by atoms with Crippen LogP contribution in [0, 0.1) is 38.0 Å². The number of nitrogens with zero attached hydrogens (tertiary/aromatic N) is 1. The van der Waals surface area contributed by atoms with E-state index in [0.29, 0.717) is 35.3 Å². The Morgan fingerprint density at radius 2 is 1.71 bits per heavy atom. The van der Waals surface area contributed by atoms with Crippen molar-refractivity contribution >= 4 is 17.3 Å². The Hall–Kier alpha value is -3.19. The summed E-state index contributed by atoms with van der Waals surface area (Å²) in [5.74, 6) is -0.0902. The molecule has 4 nitrogen and oxygen atoms in total. The normalized spacial score (nSPS) is 16.7. The molecule has 0 bridgehead atoms. The van der Waals surface area contributed by atoms with Gasteiger partial charge < -0.3 is 4.74 Å². The molecule has 0 aliphatic heterocycles. The van der Waals surface area contributed by atoms with Gasteiger partial charge in [-0.25, -0.2) is 4.79 Å². The molecule has 0 spiro atoms. The molecule has 4 heteroatoms. The third kappa shape index (κ3) is 3.75. The van der Waals surface area contributed by atoms with Crippen LogP contribution in [0.15, 0.2) is 42.2 Å². The van der Waals surface area contributed by atoms with Gasteiger partial charge in [-0.2, -0.15) is 5.26 Å². The van der Waals surface area contributed by atoms with Gasteiger partial charge in [0.1, 0.15) is 5.76 Å². The summed E-state index contributed by atoms with van der Waals surface area (Å²) in [5, 5.41) is 8.91. The molecule has 0 heterocycles. The van der Waals surface area contributed by atoms with Crippen molar-refractivity contribution in [3.05, 3.63) is 75.5 Å². The highest BCUT2D eigenvalue weighted by atomic mass is 16.5. The molecule has 0 amide bonds. The highest BCUT2D eigenvalue weighted by Crippen LogP contribution is 2.37. The lowest BCUT2D eigenvalue weighted by Gasteiger charge is -2.26. The lowest BCUT2D eigenvalue weighted by molar-refractivity contribution is -0.114. The van der Waals surface area contributed by atoms with Gasteiger partial charge in [0.15, 0.2) is 5.78 Å². The number of nitriles is 1. The first-order valence-corrected chi connectivity index (χ1v) is 9.39. The quantitative estimate of drug-likeness (QED) is 0.706. The molecule has 28 heavy (non-hydrogen) atoms. The first-order chi connectivity index (χ1) is 13.3. The van der Waals surface area contributed by atoms with Gasteiger partial charge >= 0.3 is 5.97 Å². The Labute approximate surface area is 165 Å². The molecule has 1 atom stereocenters. The van der Waals surface area contributed by atoms with Crippen LogP contribution in [0.1, 0.15) is 57.9 Å². The maximum absolute atomic E-state index is 12.9. The zero-order valence-corrected chi connectivity index (χ0v) is 16.6. The van der Waals surface area contributed by atoms with Gasteiger partial charge in [0, 0.05) is 12.3 Å². The van der Waals surface area contributed by atoms with Crippen molar-refractivity contribution in [1.82, 2.24) is 0 Å². The summed E-state index contributed by atoms with van der Waals surface area (Å²) in [6, 6.07) is 12.4. The number of esters is 1. The van der Waals surface area contributed by atoms with Crippen molar-refractivity contribution in [1.29, 1.82) is 5.26 Å². The number of ketones is 1. The number of hydrogen-bond donors (Lipinski definition) is 0. The van der Waals surface area contributed by atoms with E-state index in [2.05, 4.69) is 0 Å². The van der Waals surface area contributed by atoms with Crippen LogP contribution in [0.3, 0.4) is 0 Å². The second-order valence-electron chi connectivity index (χ2n) is 7.45. The molecule has 2 aromatic carbocycles. The van der Waals surface area contributed by atoms with Crippen molar-refractivity contribution in [2.45, 2.75) is 40.5 Å². The topological polar surface area (TPSA) is 67.2 Å². The van der Waals surface area contributed by atoms with Gasteiger partial charge in [-0.15, -0.1) is 0 Å². The summed E-state index contributed by atoms with van der Waals surface area (Å²) in [6.45, 7) is 7.96. The van der Waals surface area contributed by atoms with Crippen LogP contribution >= 0.6 is 0 Å². The third-order valence-electron chi connectivity index (χ3n) is 5.16. The number of allylic oxidation sites excluding steroid dienone is 2. The minimum Gasteiger partial charge on any atom is -0.426 e. The maximum atomic E-state index is 12.9. The van der Waals surface area contributed by atoms with Crippen LogP contribution in [0.4, 0.5) is 0 Å². The van der Waals surface area contributed by atoms with Crippen LogP contribution in [-0.2, 0) is 9.53 Å². The van der Waals surface area contributed by atoms with E-state index < -0.39 is 5.97 Å². The molecule has 0 saturated heterocycles. The molecule has 0 fully saturated rings. The molecule has 0 aromatic heterocycles. The Kier molecular flexibility index (Phi) is 5.46. The molecule has 0 radical (unpaired) electrons. The number of rotatable bonds is 3. The summed E-state index contributed by atoms with van der Waals surface area (Å²) in [7, 11) is 0. The van der Waals surface area contributed by atoms with E-state index in [1.165, 1.54) is 0 Å². The average Bonchev–Trinajstić information content (AvgIpc) is 2.66. The molecule has 0 saturated carbocycles. The van der Waals surface area contributed by atoms with Crippen molar-refractivity contribution < 1.29 is 14.3 Å². The summed E-state index contributed by atoms with van der Waals surface area (Å²) >= 11 is 0. The molecule has 1 aliphatic carbocycles. The van der Waals surface area contributed by atoms with E-state index in [0.717, 1.165) is 22.3 Å². The number of carbonyl (C=O) groups is 2. The van der Waals surface area contributed by atoms with Crippen molar-refractivity contribution in [2.24, 2.45) is 5.92 Å². The van der Waals surface area contributed by atoms with Crippen molar-refractivity contribution in [3.63, 3.8) is 0 Å². The number of Topliss-reactive ketones (excluding diaryl/α,β-unsaturated/α-hetero) is 1. The van der Waals surface area contributed by atoms with Crippen molar-refractivity contribution in [2.75, 3.05) is 0 Å². The SMILES string of the molecule is Cc1cc(C)c(C2=C(OC(=O)c3ccc(C#N)cc3)C(C)CCC2=O)c(C)c1. The first kappa shape index (κ1) is 19.6. The Bertz CT molecular complexity index is 1000. The highest BCUT2D eigenvalue weighted by molar-refractivity contribution is 6.23. The molecular weight excluding hydrogens is 350 g/mol. The smallest absolute Gasteiger partial charge is 0.343 e. The maximum Gasteiger partial charge on any atom is 0.343 e. The lowest BCUT2D eigenvalue weighted by Crippen LogP contribution is -2.22. The van der Waals surface area contributed by atoms with Gasteiger partial charge in [0.05, 0.1) is 22.8 Å². The summed E-state index contributed by atoms with van der Waals surface area (Å²) in [4.78, 5) is 25.6. The summed E-state index contributed by atoms with van der Waals surface area (Å²) < 4.78 is 5.78. The van der Waals surface area contributed by atoms with E-state index in [1.807, 2.05) is 45.9 Å². The number of ether oxygens (including phenoxy) is 1. The van der Waals surface area contributed by atoms with Gasteiger partial charge in [-0.3, -0.25) is 4.79 Å². The Morgan fingerprint density at radius 3 is 2.29 bits per heavy atom. The Balaban J connectivity index is 2.08. The van der Waals surface area contributed by atoms with Crippen LogP contribution in [0.2, 0.25) is 0 Å². The first-order valence-electron chi connectivity index (χ1n) is 9.39. The fourth-order valence-electron chi connectivity index (χ4n) is 3.82. The second-order valence-corrected chi connectivity index (χ2v) is 7.45. The molecule has 0 N–H and O–H groups in total. The largest absolute Gasteiger partial charge is 0.426 e. The summed E-state index contributed by atoms with van der Waals surface area (Å²) in [6.07, 6.45) is 1.10. The van der Waals surface area contributed by atoms with Crippen LogP contribution in [0.5, 0.6) is 0 Å². The van der Waals surface area contributed by atoms with Crippen LogP contribution in [-0.4, -0.2) is 11.8 Å². The molecular formula is C24H23NO3. The number of carbonyl (C=O) groups excluding carboxylic acids is 2. The predicted octanol–water partition coefficient (Wildman–Crippen LogP) is 5.05. The van der Waals surface area contributed by atoms with E-state index in [1.54, 1.807) is 24.3 Å². The molecule has 2 aromatic rings. The fraction of sp³-hybridized carbons (Fsp3) is 0.292. The lowest BCUT2D eigenvalue weighted by atomic mass is 9.82. The number of benzene rings is 2. The van der Waals surface area contributed by atoms with Gasteiger partial charge in [0.2, 0.25) is 0 Å². The van der Waals surface area contributed by atoms with Gasteiger partial charge in [0.25, 0.3) is 0 Å². The third-order valence-corrected chi connectivity index (χ3v) is 5.16. The van der Waals surface area contributed by atoms with Crippen molar-refractivity contribution in [3.8, 4) is 6.07 Å². The summed E-state index contributed by atoms with van der Waals surface area (Å²) in [5.41, 5.74) is 5.35. The predicted molar refractivity (Wildman–Crippen MR) is 108 cm³/mol. The number of hydrogen-bond acceptors (Lipinski definition) is 4. The number of aryl methyl sites for hydroxylation is 3. The van der Waals surface area contributed by atoms with E-state index in [9.17, 15) is 9.59 Å². The molecule has 1 unspecified atom stereocenters. The minimum atomic E-state index is -0.513. The molecule has 1 aliphatic rings. The minimum absolute atomic E-state index is 0.00998. The standard InChI is InChI=1S/C24H23NO3/c1-14-11-16(3)21(17(4)12-14)22-20(26)10-5-15(2)23(22)28-24(27)19-8-6-18(13-25)7-9-19/h6-9,11-12,15H,5,10H2,1-4H3. The average molecular weight is 373 g/mol. The van der Waals surface area contributed by atoms with E-state index >= 15 is 0 Å². The zero-order chi connectivity index (χ0) is 20.4. The monoisotopic (exact) mass is 373 g/mol. The highest BCUT2D eigenvalue weighted by Gasteiger charge is 2.31. The van der Waals surface area contributed by atoms with E-state index in [4.69, 9.17) is 10.00 Å². The van der Waals surface area contributed by atoms with Gasteiger partial charge in [-0.1, -0.05) is 24.6 Å².